The predicted octanol–water partition coefficient (Wildman–Crippen LogP) is 6.00. The van der Waals surface area contributed by atoms with Crippen molar-refractivity contribution < 1.29 is 14.3 Å². The highest BCUT2D eigenvalue weighted by atomic mass is 32.2. The second-order valence-corrected chi connectivity index (χ2v) is 13.0. The molecule has 0 spiro atoms. The van der Waals surface area contributed by atoms with Gasteiger partial charge in [0.1, 0.15) is 12.4 Å². The maximum atomic E-state index is 11.0. The van der Waals surface area contributed by atoms with Gasteiger partial charge in [0.05, 0.1) is 6.10 Å². The van der Waals surface area contributed by atoms with Crippen molar-refractivity contribution in [3.05, 3.63) is 71.8 Å². The van der Waals surface area contributed by atoms with E-state index in [0.29, 0.717) is 36.5 Å². The number of hydrogen-bond acceptors (Lipinski definition) is 5. The molecule has 0 bridgehead atoms. The molecule has 0 saturated carbocycles. The summed E-state index contributed by atoms with van der Waals surface area (Å²) < 4.78 is 12.1. The Bertz CT molecular complexity index is 1130. The average Bonchev–Trinajstić information content (AvgIpc) is 3.54. The largest absolute Gasteiger partial charge is 0.492 e. The van der Waals surface area contributed by atoms with Gasteiger partial charge < -0.3 is 15.2 Å². The number of fused-ring (bicyclic) bond motifs is 1. The summed E-state index contributed by atoms with van der Waals surface area (Å²) in [6.45, 7) is 9.60. The van der Waals surface area contributed by atoms with Gasteiger partial charge >= 0.3 is 0 Å². The van der Waals surface area contributed by atoms with E-state index in [1.165, 1.54) is 42.0 Å². The quantitative estimate of drug-likeness (QED) is 0.260. The van der Waals surface area contributed by atoms with Gasteiger partial charge in [0.15, 0.2) is 0 Å². The third-order valence-corrected chi connectivity index (χ3v) is 10.5. The van der Waals surface area contributed by atoms with Crippen LogP contribution in [0.3, 0.4) is 0 Å². The highest BCUT2D eigenvalue weighted by molar-refractivity contribution is 8.00. The molecule has 1 fully saturated rings. The Morgan fingerprint density at radius 3 is 2.59 bits per heavy atom. The molecule has 2 aromatic rings. The summed E-state index contributed by atoms with van der Waals surface area (Å²) in [7, 11) is 0. The monoisotopic (exact) mass is 548 g/mol. The molecule has 2 aliphatic heterocycles. The fourth-order valence-electron chi connectivity index (χ4n) is 6.63. The average molecular weight is 549 g/mol. The third kappa shape index (κ3) is 6.90. The number of nitrogens with zero attached hydrogens (tertiary/aromatic N) is 1. The number of thioether (sulfide) groups is 1. The molecule has 5 unspecified atom stereocenters. The van der Waals surface area contributed by atoms with E-state index in [0.717, 1.165) is 31.7 Å². The lowest BCUT2D eigenvalue weighted by molar-refractivity contribution is -0.118. The molecule has 1 aliphatic carbocycles. The van der Waals surface area contributed by atoms with Crippen LogP contribution >= 0.6 is 11.8 Å². The second-order valence-electron chi connectivity index (χ2n) is 11.8. The summed E-state index contributed by atoms with van der Waals surface area (Å²) in [5.41, 5.74) is 8.12. The SMILES string of the molecule is CC1CC(OCCCC(N)=O)C=CC1C1Sc2ccccc2C1(C)Cc1ccc(OCCN2CCCC2)cc1. The normalized spacial score (nSPS) is 28.5. The molecule has 2 aromatic carbocycles. The maximum Gasteiger partial charge on any atom is 0.217 e. The van der Waals surface area contributed by atoms with E-state index < -0.39 is 0 Å². The van der Waals surface area contributed by atoms with E-state index in [1.54, 1.807) is 0 Å². The Morgan fingerprint density at radius 2 is 1.85 bits per heavy atom. The van der Waals surface area contributed by atoms with Crippen molar-refractivity contribution in [2.75, 3.05) is 32.8 Å². The molecular formula is C33H44N2O3S. The standard InChI is InChI=1S/C33H44N2O3S/c1-24-22-27(37-20-7-10-31(34)36)15-16-28(24)32-33(2,29-8-3-4-9-30(29)39-32)23-25-11-13-26(14-12-25)38-21-19-35-17-5-6-18-35/h3-4,8-9,11-16,24,27-28,32H,5-7,10,17-23H2,1-2H3,(H2,34,36). The molecule has 1 saturated heterocycles. The van der Waals surface area contributed by atoms with Gasteiger partial charge in [-0.1, -0.05) is 56.3 Å². The minimum Gasteiger partial charge on any atom is -0.492 e. The first-order valence-corrected chi connectivity index (χ1v) is 15.6. The number of ether oxygens (including phenoxy) is 2. The van der Waals surface area contributed by atoms with Gasteiger partial charge in [-0.25, -0.2) is 0 Å². The number of carbonyl (C=O) groups excluding carboxylic acids is 1. The molecule has 5 nitrogen and oxygen atoms in total. The smallest absolute Gasteiger partial charge is 0.217 e. The zero-order valence-electron chi connectivity index (χ0n) is 23.5. The van der Waals surface area contributed by atoms with Crippen molar-refractivity contribution in [1.82, 2.24) is 4.90 Å². The Kier molecular flexibility index (Phi) is 9.36. The second kappa shape index (κ2) is 12.9. The highest BCUT2D eigenvalue weighted by Gasteiger charge is 2.48. The first kappa shape index (κ1) is 28.3. The minimum atomic E-state index is -0.261. The van der Waals surface area contributed by atoms with Gasteiger partial charge in [-0.15, -0.1) is 11.8 Å². The Balaban J connectivity index is 1.25. The molecule has 0 radical (unpaired) electrons. The van der Waals surface area contributed by atoms with E-state index in [2.05, 4.69) is 91.2 Å². The van der Waals surface area contributed by atoms with E-state index in [-0.39, 0.29) is 17.4 Å². The molecule has 39 heavy (non-hydrogen) atoms. The lowest BCUT2D eigenvalue weighted by atomic mass is 9.67. The number of allylic oxidation sites excluding steroid dienone is 1. The zero-order valence-corrected chi connectivity index (χ0v) is 24.3. The number of primary amides is 1. The number of carbonyl (C=O) groups is 1. The molecule has 5 atom stereocenters. The molecule has 2 N–H and O–H groups in total. The van der Waals surface area contributed by atoms with Crippen LogP contribution < -0.4 is 10.5 Å². The maximum absolute atomic E-state index is 11.0. The van der Waals surface area contributed by atoms with Crippen LogP contribution in [0.15, 0.2) is 65.6 Å². The first-order chi connectivity index (χ1) is 18.9. The van der Waals surface area contributed by atoms with Gasteiger partial charge in [-0.05, 0) is 86.4 Å². The van der Waals surface area contributed by atoms with Gasteiger partial charge in [0.2, 0.25) is 5.91 Å². The van der Waals surface area contributed by atoms with Crippen molar-refractivity contribution in [2.24, 2.45) is 17.6 Å². The fourth-order valence-corrected chi connectivity index (χ4v) is 8.48. The summed E-state index contributed by atoms with van der Waals surface area (Å²) in [6.07, 6.45) is 10.5. The molecular weight excluding hydrogens is 504 g/mol. The molecule has 6 heteroatoms. The van der Waals surface area contributed by atoms with Crippen LogP contribution in [0, 0.1) is 11.8 Å². The van der Waals surface area contributed by atoms with E-state index in [9.17, 15) is 4.79 Å². The third-order valence-electron chi connectivity index (χ3n) is 8.81. The van der Waals surface area contributed by atoms with Crippen LogP contribution in [0.1, 0.15) is 57.1 Å². The lowest BCUT2D eigenvalue weighted by Crippen LogP contribution is -2.41. The molecule has 0 aromatic heterocycles. The van der Waals surface area contributed by atoms with Gasteiger partial charge in [-0.2, -0.15) is 0 Å². The van der Waals surface area contributed by atoms with Crippen molar-refractivity contribution in [1.29, 1.82) is 0 Å². The van der Waals surface area contributed by atoms with Crippen LogP contribution in [0.2, 0.25) is 0 Å². The van der Waals surface area contributed by atoms with Crippen molar-refractivity contribution >= 4 is 17.7 Å². The summed E-state index contributed by atoms with van der Waals surface area (Å²) in [5, 5.41) is 0.452. The number of likely N-dealkylation sites (tertiary alicyclic amines) is 1. The number of benzene rings is 2. The fraction of sp³-hybridized carbons (Fsp3) is 0.545. The van der Waals surface area contributed by atoms with Crippen LogP contribution in [0.4, 0.5) is 0 Å². The summed E-state index contributed by atoms with van der Waals surface area (Å²) in [4.78, 5) is 14.9. The zero-order chi connectivity index (χ0) is 27.2. The number of amides is 1. The van der Waals surface area contributed by atoms with Crippen molar-refractivity contribution in [3.63, 3.8) is 0 Å². The Labute approximate surface area is 238 Å². The van der Waals surface area contributed by atoms with Crippen LogP contribution in [-0.4, -0.2) is 55.0 Å². The van der Waals surface area contributed by atoms with Crippen LogP contribution in [0.5, 0.6) is 5.75 Å². The molecule has 210 valence electrons. The highest BCUT2D eigenvalue weighted by Crippen LogP contribution is 2.56. The Hall–Kier alpha value is -2.28. The first-order valence-electron chi connectivity index (χ1n) is 14.7. The molecule has 1 amide bonds. The summed E-state index contributed by atoms with van der Waals surface area (Å²) in [6, 6.07) is 17.8. The number of nitrogens with two attached hydrogens (primary N) is 1. The topological polar surface area (TPSA) is 64.8 Å². The number of hydrogen-bond donors (Lipinski definition) is 1. The Morgan fingerprint density at radius 1 is 1.08 bits per heavy atom. The van der Waals surface area contributed by atoms with E-state index in [1.807, 2.05) is 0 Å². The molecule has 2 heterocycles. The van der Waals surface area contributed by atoms with Gasteiger partial charge in [-0.3, -0.25) is 9.69 Å². The van der Waals surface area contributed by atoms with Gasteiger partial charge in [0.25, 0.3) is 0 Å². The predicted molar refractivity (Wildman–Crippen MR) is 159 cm³/mol. The number of rotatable bonds is 12. The molecule has 5 rings (SSSR count). The van der Waals surface area contributed by atoms with Crippen molar-refractivity contribution in [3.8, 4) is 5.75 Å². The minimum absolute atomic E-state index is 0.0256. The van der Waals surface area contributed by atoms with Crippen LogP contribution in [0.25, 0.3) is 0 Å². The van der Waals surface area contributed by atoms with Gasteiger partial charge in [0, 0.05) is 35.1 Å². The summed E-state index contributed by atoms with van der Waals surface area (Å²) >= 11 is 2.05. The van der Waals surface area contributed by atoms with E-state index >= 15 is 0 Å². The van der Waals surface area contributed by atoms with Crippen molar-refractivity contribution in [2.45, 2.75) is 74.0 Å². The van der Waals surface area contributed by atoms with E-state index in [4.69, 9.17) is 15.2 Å². The lowest BCUT2D eigenvalue weighted by Gasteiger charge is -2.41. The summed E-state index contributed by atoms with van der Waals surface area (Å²) in [5.74, 6) is 1.68. The molecule has 3 aliphatic rings. The van der Waals surface area contributed by atoms with Crippen LogP contribution in [-0.2, 0) is 21.4 Å².